The number of anilines is 1. The molecule has 0 atom stereocenters. The molecule has 158 valence electrons. The van der Waals surface area contributed by atoms with Gasteiger partial charge in [-0.2, -0.15) is 0 Å². The Morgan fingerprint density at radius 2 is 1.93 bits per heavy atom. The fraction of sp³-hybridized carbons (Fsp3) is 0.450. The van der Waals surface area contributed by atoms with Crippen LogP contribution in [0.25, 0.3) is 0 Å². The predicted octanol–water partition coefficient (Wildman–Crippen LogP) is 2.89. The number of amides is 2. The van der Waals surface area contributed by atoms with Gasteiger partial charge in [0.25, 0.3) is 5.91 Å². The highest BCUT2D eigenvalue weighted by molar-refractivity contribution is 7.14. The van der Waals surface area contributed by atoms with Crippen LogP contribution in [-0.4, -0.2) is 50.3 Å². The Morgan fingerprint density at radius 1 is 1.17 bits per heavy atom. The van der Waals surface area contributed by atoms with Crippen LogP contribution in [0.5, 0.6) is 11.5 Å². The van der Waals surface area contributed by atoms with Crippen LogP contribution < -0.4 is 20.1 Å². The molecule has 0 fully saturated rings. The van der Waals surface area contributed by atoms with E-state index in [1.165, 1.54) is 25.6 Å². The van der Waals surface area contributed by atoms with Crippen LogP contribution in [0.2, 0.25) is 0 Å². The van der Waals surface area contributed by atoms with E-state index >= 15 is 0 Å². The second-order valence-corrected chi connectivity index (χ2v) is 7.33. The molecule has 0 aliphatic carbocycles. The van der Waals surface area contributed by atoms with Crippen molar-refractivity contribution in [3.63, 3.8) is 0 Å². The molecule has 2 N–H and O–H groups in total. The first-order valence-corrected chi connectivity index (χ1v) is 10.2. The van der Waals surface area contributed by atoms with Gasteiger partial charge in [-0.15, -0.1) is 11.3 Å². The molecule has 29 heavy (non-hydrogen) atoms. The molecule has 0 saturated carbocycles. The number of hydrogen-bond acceptors (Lipinski definition) is 7. The summed E-state index contributed by atoms with van der Waals surface area (Å²) in [7, 11) is 3.04. The Kier molecular flexibility index (Phi) is 8.88. The third kappa shape index (κ3) is 7.35. The Bertz CT molecular complexity index is 822. The Hall–Kier alpha value is -2.65. The maximum atomic E-state index is 12.4. The van der Waals surface area contributed by atoms with Crippen LogP contribution in [0.4, 0.5) is 5.13 Å². The number of methoxy groups -OCH3 is 2. The number of benzene rings is 1. The van der Waals surface area contributed by atoms with Crippen molar-refractivity contribution in [2.75, 3.05) is 32.7 Å². The lowest BCUT2D eigenvalue weighted by Crippen LogP contribution is -2.27. The van der Waals surface area contributed by atoms with E-state index in [-0.39, 0.29) is 24.3 Å². The lowest BCUT2D eigenvalue weighted by Gasteiger charge is -2.09. The molecule has 0 aliphatic heterocycles. The highest BCUT2D eigenvalue weighted by atomic mass is 32.1. The molecule has 0 spiro atoms. The monoisotopic (exact) mass is 421 g/mol. The maximum Gasteiger partial charge on any atom is 0.257 e. The van der Waals surface area contributed by atoms with Gasteiger partial charge >= 0.3 is 0 Å². The molecule has 0 aliphatic rings. The summed E-state index contributed by atoms with van der Waals surface area (Å²) >= 11 is 1.27. The van der Waals surface area contributed by atoms with E-state index in [2.05, 4.69) is 15.6 Å². The van der Waals surface area contributed by atoms with Gasteiger partial charge in [-0.05, 0) is 38.5 Å². The van der Waals surface area contributed by atoms with Gasteiger partial charge in [0.05, 0.1) is 32.4 Å². The van der Waals surface area contributed by atoms with Crippen molar-refractivity contribution in [1.29, 1.82) is 0 Å². The van der Waals surface area contributed by atoms with Crippen molar-refractivity contribution >= 4 is 28.3 Å². The van der Waals surface area contributed by atoms with Crippen molar-refractivity contribution in [3.8, 4) is 11.5 Å². The second kappa shape index (κ2) is 11.4. The van der Waals surface area contributed by atoms with Crippen LogP contribution in [0.15, 0.2) is 23.6 Å². The van der Waals surface area contributed by atoms with E-state index in [0.717, 1.165) is 6.42 Å². The average Bonchev–Trinajstić information content (AvgIpc) is 3.13. The van der Waals surface area contributed by atoms with Crippen LogP contribution in [0, 0.1) is 0 Å². The van der Waals surface area contributed by atoms with Gasteiger partial charge < -0.3 is 19.5 Å². The smallest absolute Gasteiger partial charge is 0.257 e. The lowest BCUT2D eigenvalue weighted by molar-refractivity contribution is -0.120. The zero-order chi connectivity index (χ0) is 21.2. The third-order valence-electron chi connectivity index (χ3n) is 3.85. The van der Waals surface area contributed by atoms with Gasteiger partial charge in [0.15, 0.2) is 16.6 Å². The first-order valence-electron chi connectivity index (χ1n) is 9.29. The Morgan fingerprint density at radius 3 is 2.62 bits per heavy atom. The van der Waals surface area contributed by atoms with Crippen molar-refractivity contribution in [2.24, 2.45) is 0 Å². The molecule has 1 aromatic carbocycles. The van der Waals surface area contributed by atoms with Gasteiger partial charge in [-0.25, -0.2) is 4.98 Å². The predicted molar refractivity (Wildman–Crippen MR) is 112 cm³/mol. The molecule has 0 radical (unpaired) electrons. The number of nitrogens with one attached hydrogen (secondary N) is 2. The van der Waals surface area contributed by atoms with E-state index in [1.54, 1.807) is 23.6 Å². The fourth-order valence-corrected chi connectivity index (χ4v) is 3.14. The standard InChI is InChI=1S/C20H27N3O5S/c1-13(2)28-9-5-8-21-18(24)11-15-12-29-20(22-15)23-19(25)14-6-7-16(26-3)17(10-14)27-4/h6-7,10,12-13H,5,8-9,11H2,1-4H3,(H,21,24)(H,22,23,25). The Balaban J connectivity index is 1.83. The summed E-state index contributed by atoms with van der Waals surface area (Å²) in [5.41, 5.74) is 1.02. The topological polar surface area (TPSA) is 98.8 Å². The Labute approximate surface area is 174 Å². The molecule has 1 heterocycles. The first kappa shape index (κ1) is 22.6. The molecule has 0 bridgehead atoms. The number of aromatic nitrogens is 1. The van der Waals surface area contributed by atoms with E-state index in [9.17, 15) is 9.59 Å². The van der Waals surface area contributed by atoms with Gasteiger partial charge in [-0.1, -0.05) is 0 Å². The minimum atomic E-state index is -0.318. The molecule has 9 heteroatoms. The van der Waals surface area contributed by atoms with Gasteiger partial charge in [0.1, 0.15) is 0 Å². The number of nitrogens with zero attached hydrogens (tertiary/aromatic N) is 1. The third-order valence-corrected chi connectivity index (χ3v) is 4.66. The van der Waals surface area contributed by atoms with Gasteiger partial charge in [0.2, 0.25) is 5.91 Å². The summed E-state index contributed by atoms with van der Waals surface area (Å²) in [6.07, 6.45) is 1.11. The fourth-order valence-electron chi connectivity index (χ4n) is 2.44. The van der Waals surface area contributed by atoms with Gasteiger partial charge in [0, 0.05) is 24.1 Å². The summed E-state index contributed by atoms with van der Waals surface area (Å²) in [5, 5.41) is 7.76. The quantitative estimate of drug-likeness (QED) is 0.542. The molecule has 1 aromatic heterocycles. The highest BCUT2D eigenvalue weighted by Crippen LogP contribution is 2.28. The number of rotatable bonds is 11. The minimum Gasteiger partial charge on any atom is -0.493 e. The number of carbonyl (C=O) groups excluding carboxylic acids is 2. The molecule has 2 rings (SSSR count). The number of carbonyl (C=O) groups is 2. The first-order chi connectivity index (χ1) is 13.9. The van der Waals surface area contributed by atoms with Crippen molar-refractivity contribution < 1.29 is 23.8 Å². The van der Waals surface area contributed by atoms with E-state index in [0.29, 0.717) is 41.0 Å². The van der Waals surface area contributed by atoms with Crippen molar-refractivity contribution in [1.82, 2.24) is 10.3 Å². The van der Waals surface area contributed by atoms with Crippen LogP contribution in [-0.2, 0) is 16.0 Å². The molecule has 2 aromatic rings. The highest BCUT2D eigenvalue weighted by Gasteiger charge is 2.13. The number of ether oxygens (including phenoxy) is 3. The maximum absolute atomic E-state index is 12.4. The second-order valence-electron chi connectivity index (χ2n) is 6.47. The number of thiazole rings is 1. The van der Waals surface area contributed by atoms with Crippen LogP contribution in [0.1, 0.15) is 36.3 Å². The largest absolute Gasteiger partial charge is 0.493 e. The van der Waals surface area contributed by atoms with Crippen molar-refractivity contribution in [2.45, 2.75) is 32.8 Å². The molecule has 0 saturated heterocycles. The van der Waals surface area contributed by atoms with Crippen molar-refractivity contribution in [3.05, 3.63) is 34.8 Å². The summed E-state index contributed by atoms with van der Waals surface area (Å²) in [4.78, 5) is 28.7. The van der Waals surface area contributed by atoms with Gasteiger partial charge in [-0.3, -0.25) is 14.9 Å². The molecule has 8 nitrogen and oxygen atoms in total. The summed E-state index contributed by atoms with van der Waals surface area (Å²) < 4.78 is 15.8. The molecular formula is C20H27N3O5S. The summed E-state index contributed by atoms with van der Waals surface area (Å²) in [6, 6.07) is 4.90. The summed E-state index contributed by atoms with van der Waals surface area (Å²) in [6.45, 7) is 5.12. The summed E-state index contributed by atoms with van der Waals surface area (Å²) in [5.74, 6) is 0.580. The van der Waals surface area contributed by atoms with E-state index in [4.69, 9.17) is 14.2 Å². The average molecular weight is 422 g/mol. The normalized spacial score (nSPS) is 10.7. The molecule has 2 amide bonds. The lowest BCUT2D eigenvalue weighted by atomic mass is 10.2. The molecule has 0 unspecified atom stereocenters. The zero-order valence-corrected chi connectivity index (χ0v) is 17.9. The SMILES string of the molecule is COc1ccc(C(=O)Nc2nc(CC(=O)NCCCOC(C)C)cs2)cc1OC. The minimum absolute atomic E-state index is 0.113. The van der Waals surface area contributed by atoms with Crippen LogP contribution >= 0.6 is 11.3 Å². The zero-order valence-electron chi connectivity index (χ0n) is 17.1. The number of hydrogen-bond donors (Lipinski definition) is 2. The van der Waals surface area contributed by atoms with Crippen LogP contribution in [0.3, 0.4) is 0 Å². The van der Waals surface area contributed by atoms with E-state index < -0.39 is 0 Å². The molecular weight excluding hydrogens is 394 g/mol. The van der Waals surface area contributed by atoms with E-state index in [1.807, 2.05) is 13.8 Å².